The summed E-state index contributed by atoms with van der Waals surface area (Å²) in [5.41, 5.74) is 0.900. The molecule has 1 aliphatic heterocycles. The minimum absolute atomic E-state index is 0.0261. The molecule has 8 heteroatoms. The molecule has 3 heterocycles. The van der Waals surface area contributed by atoms with E-state index >= 15 is 0 Å². The number of likely N-dealkylation sites (N-methyl/N-ethyl adjacent to an activating group) is 1. The van der Waals surface area contributed by atoms with Crippen LogP contribution in [0.5, 0.6) is 0 Å². The molecule has 1 fully saturated rings. The van der Waals surface area contributed by atoms with Gasteiger partial charge in [0.2, 0.25) is 5.91 Å². The Kier molecular flexibility index (Phi) is 5.95. The zero-order chi connectivity index (χ0) is 18.5. The van der Waals surface area contributed by atoms with Crippen molar-refractivity contribution in [2.45, 2.75) is 32.5 Å². The summed E-state index contributed by atoms with van der Waals surface area (Å²) in [6, 6.07) is 3.70. The van der Waals surface area contributed by atoms with E-state index in [0.717, 1.165) is 24.5 Å². The number of aromatic nitrogens is 4. The maximum atomic E-state index is 13.3. The number of rotatable bonds is 6. The molecule has 1 atom stereocenters. The molecule has 2 aromatic rings. The molecule has 0 bridgehead atoms. The van der Waals surface area contributed by atoms with Crippen LogP contribution in [0.15, 0.2) is 30.9 Å². The summed E-state index contributed by atoms with van der Waals surface area (Å²) >= 11 is 0. The monoisotopic (exact) mass is 358 g/mol. The lowest BCUT2D eigenvalue weighted by Gasteiger charge is -2.35. The van der Waals surface area contributed by atoms with Gasteiger partial charge in [0, 0.05) is 38.6 Å². The van der Waals surface area contributed by atoms with Crippen LogP contribution in [0.1, 0.15) is 37.3 Å². The number of ether oxygens (including phenoxy) is 1. The van der Waals surface area contributed by atoms with Gasteiger partial charge in [0.05, 0.1) is 19.8 Å². The van der Waals surface area contributed by atoms with Gasteiger partial charge in [0.25, 0.3) is 0 Å². The molecule has 1 amide bonds. The zero-order valence-electron chi connectivity index (χ0n) is 15.6. The first-order chi connectivity index (χ1) is 12.6. The van der Waals surface area contributed by atoms with Crippen LogP contribution in [0, 0.1) is 0 Å². The highest BCUT2D eigenvalue weighted by Gasteiger charge is 2.31. The minimum atomic E-state index is -0.368. The Morgan fingerprint density at radius 2 is 2.12 bits per heavy atom. The fraction of sp³-hybridized carbons (Fsp3) is 0.556. The van der Waals surface area contributed by atoms with Gasteiger partial charge in [-0.3, -0.25) is 14.7 Å². The van der Waals surface area contributed by atoms with Crippen LogP contribution in [-0.2, 0) is 16.1 Å². The van der Waals surface area contributed by atoms with Crippen molar-refractivity contribution in [3.8, 4) is 0 Å². The van der Waals surface area contributed by atoms with E-state index in [1.165, 1.54) is 0 Å². The molecular formula is C18H26N6O2. The van der Waals surface area contributed by atoms with Gasteiger partial charge in [-0.25, -0.2) is 0 Å². The summed E-state index contributed by atoms with van der Waals surface area (Å²) in [6.07, 6.45) is 5.19. The van der Waals surface area contributed by atoms with Gasteiger partial charge >= 0.3 is 0 Å². The number of carbonyl (C=O) groups is 1. The van der Waals surface area contributed by atoms with Crippen LogP contribution in [0.25, 0.3) is 0 Å². The van der Waals surface area contributed by atoms with Gasteiger partial charge in [-0.15, -0.1) is 10.2 Å². The fourth-order valence-corrected chi connectivity index (χ4v) is 3.19. The Balaban J connectivity index is 1.81. The maximum Gasteiger partial charge on any atom is 0.244 e. The number of pyridine rings is 1. The first-order valence-corrected chi connectivity index (χ1v) is 8.93. The fourth-order valence-electron chi connectivity index (χ4n) is 3.19. The van der Waals surface area contributed by atoms with Crippen molar-refractivity contribution in [1.82, 2.24) is 29.5 Å². The van der Waals surface area contributed by atoms with Gasteiger partial charge < -0.3 is 14.2 Å². The second-order valence-electron chi connectivity index (χ2n) is 6.78. The highest BCUT2D eigenvalue weighted by atomic mass is 16.5. The number of hydrogen-bond donors (Lipinski definition) is 0. The molecular weight excluding hydrogens is 332 g/mol. The molecule has 0 unspecified atom stereocenters. The van der Waals surface area contributed by atoms with Crippen LogP contribution in [0.2, 0.25) is 0 Å². The van der Waals surface area contributed by atoms with E-state index in [4.69, 9.17) is 4.74 Å². The Hall–Kier alpha value is -2.32. The standard InChI is InChI=1S/C18H26N6O2/c1-14(2)24-13-20-21-16(24)12-22(3)18(25)17(15-5-4-6-19-11-15)23-7-9-26-10-8-23/h4-6,11,13-14,17H,7-10,12H2,1-3H3/t17-/m1/s1. The van der Waals surface area contributed by atoms with Crippen molar-refractivity contribution in [3.05, 3.63) is 42.2 Å². The third kappa shape index (κ3) is 4.08. The van der Waals surface area contributed by atoms with Crippen molar-refractivity contribution >= 4 is 5.91 Å². The summed E-state index contributed by atoms with van der Waals surface area (Å²) in [6.45, 7) is 7.27. The topological polar surface area (TPSA) is 76.4 Å². The van der Waals surface area contributed by atoms with Crippen molar-refractivity contribution in [3.63, 3.8) is 0 Å². The minimum Gasteiger partial charge on any atom is -0.379 e. The predicted molar refractivity (Wildman–Crippen MR) is 96.3 cm³/mol. The van der Waals surface area contributed by atoms with Gasteiger partial charge in [0.1, 0.15) is 12.4 Å². The molecule has 8 nitrogen and oxygen atoms in total. The van der Waals surface area contributed by atoms with Crippen molar-refractivity contribution in [2.75, 3.05) is 33.4 Å². The SMILES string of the molecule is CC(C)n1cnnc1CN(C)C(=O)[C@@H](c1cccnc1)N1CCOCC1. The van der Waals surface area contributed by atoms with Crippen LogP contribution in [-0.4, -0.2) is 68.8 Å². The molecule has 2 aromatic heterocycles. The van der Waals surface area contributed by atoms with E-state index in [2.05, 4.69) is 33.9 Å². The summed E-state index contributed by atoms with van der Waals surface area (Å²) in [5.74, 6) is 0.806. The van der Waals surface area contributed by atoms with Crippen molar-refractivity contribution < 1.29 is 9.53 Å². The average Bonchev–Trinajstić information content (AvgIpc) is 3.12. The van der Waals surface area contributed by atoms with Gasteiger partial charge in [0.15, 0.2) is 5.82 Å². The van der Waals surface area contributed by atoms with Crippen molar-refractivity contribution in [1.29, 1.82) is 0 Å². The summed E-state index contributed by atoms with van der Waals surface area (Å²) in [5, 5.41) is 8.16. The Morgan fingerprint density at radius 3 is 2.77 bits per heavy atom. The van der Waals surface area contributed by atoms with Crippen LogP contribution >= 0.6 is 0 Å². The molecule has 0 aromatic carbocycles. The van der Waals surface area contributed by atoms with Crippen LogP contribution in [0.3, 0.4) is 0 Å². The van der Waals surface area contributed by atoms with E-state index in [1.807, 2.05) is 23.7 Å². The second-order valence-corrected chi connectivity index (χ2v) is 6.78. The number of hydrogen-bond acceptors (Lipinski definition) is 6. The highest BCUT2D eigenvalue weighted by Crippen LogP contribution is 2.24. The van der Waals surface area contributed by atoms with Crippen LogP contribution < -0.4 is 0 Å². The molecule has 0 saturated carbocycles. The lowest BCUT2D eigenvalue weighted by atomic mass is 10.1. The summed E-state index contributed by atoms with van der Waals surface area (Å²) in [7, 11) is 1.81. The smallest absolute Gasteiger partial charge is 0.244 e. The molecule has 26 heavy (non-hydrogen) atoms. The lowest BCUT2D eigenvalue weighted by molar-refractivity contribution is -0.138. The number of morpholine rings is 1. The largest absolute Gasteiger partial charge is 0.379 e. The first kappa shape index (κ1) is 18.5. The van der Waals surface area contributed by atoms with E-state index in [-0.39, 0.29) is 18.0 Å². The molecule has 140 valence electrons. The van der Waals surface area contributed by atoms with E-state index < -0.39 is 0 Å². The zero-order valence-corrected chi connectivity index (χ0v) is 15.6. The van der Waals surface area contributed by atoms with Crippen LogP contribution in [0.4, 0.5) is 0 Å². The molecule has 3 rings (SSSR count). The first-order valence-electron chi connectivity index (χ1n) is 8.93. The lowest BCUT2D eigenvalue weighted by Crippen LogP contribution is -2.46. The molecule has 0 aliphatic carbocycles. The van der Waals surface area contributed by atoms with Gasteiger partial charge in [-0.05, 0) is 25.5 Å². The predicted octanol–water partition coefficient (Wildman–Crippen LogP) is 1.29. The second kappa shape index (κ2) is 8.37. The number of nitrogens with zero attached hydrogens (tertiary/aromatic N) is 6. The molecule has 1 saturated heterocycles. The van der Waals surface area contributed by atoms with E-state index in [9.17, 15) is 4.79 Å². The summed E-state index contributed by atoms with van der Waals surface area (Å²) in [4.78, 5) is 21.4. The number of carbonyl (C=O) groups excluding carboxylic acids is 1. The molecule has 1 aliphatic rings. The molecule has 0 spiro atoms. The Morgan fingerprint density at radius 1 is 1.35 bits per heavy atom. The normalized spacial score (nSPS) is 16.6. The van der Waals surface area contributed by atoms with E-state index in [1.54, 1.807) is 23.6 Å². The molecule has 0 radical (unpaired) electrons. The third-order valence-corrected chi connectivity index (χ3v) is 4.60. The Labute approximate surface area is 153 Å². The molecule has 0 N–H and O–H groups in total. The third-order valence-electron chi connectivity index (χ3n) is 4.60. The van der Waals surface area contributed by atoms with Gasteiger partial charge in [-0.2, -0.15) is 0 Å². The maximum absolute atomic E-state index is 13.3. The van der Waals surface area contributed by atoms with Crippen molar-refractivity contribution in [2.24, 2.45) is 0 Å². The Bertz CT molecular complexity index is 711. The van der Waals surface area contributed by atoms with E-state index in [0.29, 0.717) is 19.8 Å². The average molecular weight is 358 g/mol. The van der Waals surface area contributed by atoms with Gasteiger partial charge in [-0.1, -0.05) is 6.07 Å². The highest BCUT2D eigenvalue weighted by molar-refractivity contribution is 5.83. The quantitative estimate of drug-likeness (QED) is 0.774. The summed E-state index contributed by atoms with van der Waals surface area (Å²) < 4.78 is 7.43. The number of amides is 1.